The molecule has 0 amide bonds. The van der Waals surface area contributed by atoms with Crippen molar-refractivity contribution in [3.63, 3.8) is 0 Å². The summed E-state index contributed by atoms with van der Waals surface area (Å²) in [5.41, 5.74) is 0. The molecule has 0 aromatic carbocycles. The molecule has 0 aliphatic rings. The molecule has 0 aliphatic heterocycles. The molecular weight excluding hydrogens is 156 g/mol. The largest absolute Gasteiger partial charge is 0.103 e. The Kier molecular flexibility index (Phi) is 13.2. The summed E-state index contributed by atoms with van der Waals surface area (Å²) in [6.45, 7) is 16.0. The Hall–Kier alpha value is -0.520. The third-order valence-electron chi connectivity index (χ3n) is 2.43. The van der Waals surface area contributed by atoms with Gasteiger partial charge in [-0.1, -0.05) is 46.3 Å². The Morgan fingerprint density at radius 3 is 1.38 bits per heavy atom. The first-order valence-electron chi connectivity index (χ1n) is 5.41. The van der Waals surface area contributed by atoms with E-state index in [9.17, 15) is 0 Å². The maximum Gasteiger partial charge on any atom is -0.0241 e. The van der Waals surface area contributed by atoms with E-state index in [1.165, 1.54) is 19.3 Å². The molecule has 0 aliphatic carbocycles. The Morgan fingerprint density at radius 1 is 0.923 bits per heavy atom. The molecule has 0 rings (SSSR count). The fourth-order valence-corrected chi connectivity index (χ4v) is 0.789. The van der Waals surface area contributed by atoms with Crippen molar-refractivity contribution in [2.24, 2.45) is 11.8 Å². The molecule has 0 saturated heterocycles. The predicted octanol–water partition coefficient (Wildman–Crippen LogP) is 4.83. The Morgan fingerprint density at radius 2 is 1.38 bits per heavy atom. The van der Waals surface area contributed by atoms with Crippen molar-refractivity contribution in [1.82, 2.24) is 0 Å². The van der Waals surface area contributed by atoms with Gasteiger partial charge < -0.3 is 0 Å². The summed E-state index contributed by atoms with van der Waals surface area (Å²) in [4.78, 5) is 0. The molecule has 0 spiro atoms. The van der Waals surface area contributed by atoms with Gasteiger partial charge in [-0.2, -0.15) is 0 Å². The van der Waals surface area contributed by atoms with Crippen LogP contribution in [0.1, 0.15) is 47.0 Å². The van der Waals surface area contributed by atoms with E-state index in [0.717, 1.165) is 5.92 Å². The van der Waals surface area contributed by atoms with Crippen molar-refractivity contribution in [1.29, 1.82) is 0 Å². The van der Waals surface area contributed by atoms with E-state index < -0.39 is 0 Å². The highest BCUT2D eigenvalue weighted by Gasteiger charge is 1.92. The van der Waals surface area contributed by atoms with Crippen molar-refractivity contribution in [3.05, 3.63) is 25.3 Å². The van der Waals surface area contributed by atoms with E-state index in [-0.39, 0.29) is 0 Å². The molecule has 0 fully saturated rings. The van der Waals surface area contributed by atoms with Crippen molar-refractivity contribution >= 4 is 0 Å². The van der Waals surface area contributed by atoms with Gasteiger partial charge in [0.25, 0.3) is 0 Å². The van der Waals surface area contributed by atoms with E-state index >= 15 is 0 Å². The van der Waals surface area contributed by atoms with Gasteiger partial charge >= 0.3 is 0 Å². The molecule has 0 heteroatoms. The number of hydrogen-bond acceptors (Lipinski definition) is 0. The van der Waals surface area contributed by atoms with Crippen LogP contribution in [0.3, 0.4) is 0 Å². The second kappa shape index (κ2) is 11.5. The zero-order valence-electron chi connectivity index (χ0n) is 9.84. The van der Waals surface area contributed by atoms with Gasteiger partial charge in [0.1, 0.15) is 0 Å². The first-order chi connectivity index (χ1) is 6.15. The third kappa shape index (κ3) is 11.5. The van der Waals surface area contributed by atoms with Gasteiger partial charge in [0.15, 0.2) is 0 Å². The quantitative estimate of drug-likeness (QED) is 0.534. The highest BCUT2D eigenvalue weighted by Crippen LogP contribution is 2.06. The maximum absolute atomic E-state index is 3.70. The maximum atomic E-state index is 3.70. The summed E-state index contributed by atoms with van der Waals surface area (Å²) in [5.74, 6) is 1.45. The highest BCUT2D eigenvalue weighted by molar-refractivity contribution is 4.75. The second-order valence-electron chi connectivity index (χ2n) is 3.43. The Balaban J connectivity index is 0. The molecule has 0 nitrogen and oxygen atoms in total. The summed E-state index contributed by atoms with van der Waals surface area (Å²) < 4.78 is 0. The van der Waals surface area contributed by atoms with Gasteiger partial charge in [-0.15, -0.1) is 13.2 Å². The fraction of sp³-hybridized carbons (Fsp3) is 0.692. The number of rotatable bonds is 5. The fourth-order valence-electron chi connectivity index (χ4n) is 0.789. The Labute approximate surface area is 84.7 Å². The van der Waals surface area contributed by atoms with Crippen LogP contribution in [-0.4, -0.2) is 0 Å². The molecule has 0 heterocycles. The van der Waals surface area contributed by atoms with Crippen molar-refractivity contribution in [3.8, 4) is 0 Å². The summed E-state index contributed by atoms with van der Waals surface area (Å²) in [6, 6.07) is 0. The SMILES string of the molecule is C=CC(C)CC.C=CC(CC)CC. The Bertz CT molecular complexity index is 109. The minimum Gasteiger partial charge on any atom is -0.103 e. The lowest BCUT2D eigenvalue weighted by Gasteiger charge is -2.01. The minimum absolute atomic E-state index is 0.699. The van der Waals surface area contributed by atoms with E-state index in [4.69, 9.17) is 0 Å². The molecular formula is C13H26. The molecule has 0 aromatic rings. The van der Waals surface area contributed by atoms with Gasteiger partial charge in [-0.05, 0) is 24.7 Å². The van der Waals surface area contributed by atoms with Crippen LogP contribution < -0.4 is 0 Å². The number of allylic oxidation sites excluding steroid dienone is 2. The zero-order valence-corrected chi connectivity index (χ0v) is 9.84. The van der Waals surface area contributed by atoms with E-state index in [0.29, 0.717) is 5.92 Å². The minimum atomic E-state index is 0.699. The average molecular weight is 182 g/mol. The van der Waals surface area contributed by atoms with Crippen molar-refractivity contribution in [2.75, 3.05) is 0 Å². The van der Waals surface area contributed by atoms with Crippen LogP contribution in [0.4, 0.5) is 0 Å². The summed E-state index contributed by atoms with van der Waals surface area (Å²) >= 11 is 0. The van der Waals surface area contributed by atoms with Gasteiger partial charge in [0.2, 0.25) is 0 Å². The lowest BCUT2D eigenvalue weighted by atomic mass is 10.0. The summed E-state index contributed by atoms with van der Waals surface area (Å²) in [7, 11) is 0. The first-order valence-corrected chi connectivity index (χ1v) is 5.41. The van der Waals surface area contributed by atoms with Gasteiger partial charge in [-0.3, -0.25) is 0 Å². The molecule has 1 atom stereocenters. The van der Waals surface area contributed by atoms with Crippen LogP contribution in [0, 0.1) is 11.8 Å². The lowest BCUT2D eigenvalue weighted by molar-refractivity contribution is 0.607. The molecule has 0 aromatic heterocycles. The van der Waals surface area contributed by atoms with Crippen molar-refractivity contribution < 1.29 is 0 Å². The van der Waals surface area contributed by atoms with Gasteiger partial charge in [0.05, 0.1) is 0 Å². The van der Waals surface area contributed by atoms with Crippen LogP contribution >= 0.6 is 0 Å². The third-order valence-corrected chi connectivity index (χ3v) is 2.43. The van der Waals surface area contributed by atoms with E-state index in [1.807, 2.05) is 12.2 Å². The van der Waals surface area contributed by atoms with Crippen LogP contribution in [0.15, 0.2) is 25.3 Å². The van der Waals surface area contributed by atoms with Crippen LogP contribution in [-0.2, 0) is 0 Å². The molecule has 13 heavy (non-hydrogen) atoms. The smallest absolute Gasteiger partial charge is 0.0241 e. The predicted molar refractivity (Wildman–Crippen MR) is 63.9 cm³/mol. The lowest BCUT2D eigenvalue weighted by Crippen LogP contribution is -1.87. The van der Waals surface area contributed by atoms with E-state index in [1.54, 1.807) is 0 Å². The number of hydrogen-bond donors (Lipinski definition) is 0. The highest BCUT2D eigenvalue weighted by atomic mass is 14.0. The second-order valence-corrected chi connectivity index (χ2v) is 3.43. The molecule has 78 valence electrons. The van der Waals surface area contributed by atoms with Crippen LogP contribution in [0.2, 0.25) is 0 Å². The van der Waals surface area contributed by atoms with Crippen molar-refractivity contribution in [2.45, 2.75) is 47.0 Å². The molecule has 0 radical (unpaired) electrons. The van der Waals surface area contributed by atoms with Gasteiger partial charge in [0, 0.05) is 0 Å². The summed E-state index contributed by atoms with van der Waals surface area (Å²) in [5, 5.41) is 0. The average Bonchev–Trinajstić information content (AvgIpc) is 2.20. The monoisotopic (exact) mass is 182 g/mol. The van der Waals surface area contributed by atoms with Gasteiger partial charge in [-0.25, -0.2) is 0 Å². The molecule has 0 bridgehead atoms. The topological polar surface area (TPSA) is 0 Å². The first kappa shape index (κ1) is 15.0. The zero-order chi connectivity index (χ0) is 10.7. The van der Waals surface area contributed by atoms with E-state index in [2.05, 4.69) is 40.9 Å². The molecule has 0 saturated carbocycles. The van der Waals surface area contributed by atoms with Crippen LogP contribution in [0.25, 0.3) is 0 Å². The standard InChI is InChI=1S/C7H14.C6H12/c1-4-7(5-2)6-3;1-4-6(3)5-2/h4,7H,1,5-6H2,2-3H3;4,6H,1,5H2,2-3H3. The molecule has 0 N–H and O–H groups in total. The normalized spacial score (nSPS) is 11.5. The molecule has 1 unspecified atom stereocenters. The van der Waals surface area contributed by atoms with Crippen LogP contribution in [0.5, 0.6) is 0 Å². The summed E-state index contributed by atoms with van der Waals surface area (Å²) in [6.07, 6.45) is 7.68.